The Labute approximate surface area is 129 Å². The lowest BCUT2D eigenvalue weighted by Crippen LogP contribution is -2.23. The van der Waals surface area contributed by atoms with Crippen LogP contribution in [0.1, 0.15) is 22.8 Å². The molecule has 0 unspecified atom stereocenters. The second-order valence-corrected chi connectivity index (χ2v) is 4.80. The molecule has 5 heteroatoms. The van der Waals surface area contributed by atoms with E-state index in [1.807, 2.05) is 6.92 Å². The Balaban J connectivity index is 1.92. The number of nitrogens with one attached hydrogen (secondary N) is 1. The number of anilines is 1. The highest BCUT2D eigenvalue weighted by molar-refractivity contribution is 5.98. The predicted octanol–water partition coefficient (Wildman–Crippen LogP) is 2.78. The summed E-state index contributed by atoms with van der Waals surface area (Å²) in [5, 5.41) is 2.94. The number of ether oxygens (including phenoxy) is 1. The molecule has 0 heterocycles. The molecular weight excluding hydrogens is 283 g/mol. The molecule has 2 rings (SSSR count). The van der Waals surface area contributed by atoms with Gasteiger partial charge in [0, 0.05) is 17.7 Å². The number of benzene rings is 2. The molecule has 2 aromatic rings. The maximum absolute atomic E-state index is 13.5. The molecule has 0 aliphatic carbocycles. The van der Waals surface area contributed by atoms with Crippen LogP contribution in [0.3, 0.4) is 0 Å². The number of nitrogen functional groups attached to an aromatic ring is 1. The van der Waals surface area contributed by atoms with Gasteiger partial charge in [-0.25, -0.2) is 4.39 Å². The normalized spacial score (nSPS) is 10.5. The lowest BCUT2D eigenvalue weighted by atomic mass is 10.1. The summed E-state index contributed by atoms with van der Waals surface area (Å²) in [6, 6.07) is 11.4. The third-order valence-electron chi connectivity index (χ3n) is 3.19. The largest absolute Gasteiger partial charge is 0.492 e. The van der Waals surface area contributed by atoms with Gasteiger partial charge in [0.15, 0.2) is 5.78 Å². The van der Waals surface area contributed by atoms with Gasteiger partial charge in [-0.3, -0.25) is 4.79 Å². The Morgan fingerprint density at radius 2 is 2.05 bits per heavy atom. The Hall–Kier alpha value is -2.40. The number of hydrogen-bond acceptors (Lipinski definition) is 4. The van der Waals surface area contributed by atoms with Gasteiger partial charge in [-0.2, -0.15) is 0 Å². The second kappa shape index (κ2) is 7.56. The van der Waals surface area contributed by atoms with Gasteiger partial charge < -0.3 is 15.8 Å². The summed E-state index contributed by atoms with van der Waals surface area (Å²) in [4.78, 5) is 12.1. The van der Waals surface area contributed by atoms with Gasteiger partial charge in [0.1, 0.15) is 11.6 Å². The molecular formula is C17H19FN2O2. The number of Topliss-reactive ketones (excluding diaryl/α,β-unsaturated/α-hetero) is 1. The highest BCUT2D eigenvalue weighted by Gasteiger charge is 2.09. The van der Waals surface area contributed by atoms with E-state index in [9.17, 15) is 9.18 Å². The standard InChI is InChI=1S/C17H19FN2O2/c1-2-22-17-8-7-12(9-15(17)19)16(21)11-20-10-13-5-3-4-6-14(13)18/h3-9,20H,2,10-11,19H2,1H3. The quantitative estimate of drug-likeness (QED) is 0.610. The molecule has 4 nitrogen and oxygen atoms in total. The fraction of sp³-hybridized carbons (Fsp3) is 0.235. The van der Waals surface area contributed by atoms with Crippen LogP contribution >= 0.6 is 0 Å². The van der Waals surface area contributed by atoms with Crippen LogP contribution in [0.2, 0.25) is 0 Å². The summed E-state index contributed by atoms with van der Waals surface area (Å²) in [5.74, 6) is 0.178. The number of halogens is 1. The van der Waals surface area contributed by atoms with Gasteiger partial charge in [-0.15, -0.1) is 0 Å². The molecule has 2 aromatic carbocycles. The molecule has 0 radical (unpaired) electrons. The van der Waals surface area contributed by atoms with Crippen molar-refractivity contribution in [1.82, 2.24) is 5.32 Å². The molecule has 0 atom stereocenters. The summed E-state index contributed by atoms with van der Waals surface area (Å²) in [6.07, 6.45) is 0. The summed E-state index contributed by atoms with van der Waals surface area (Å²) >= 11 is 0. The molecule has 0 aliphatic heterocycles. The molecule has 3 N–H and O–H groups in total. The number of carbonyl (C=O) groups is 1. The number of ketones is 1. The van der Waals surface area contributed by atoms with E-state index >= 15 is 0 Å². The molecule has 0 aliphatic rings. The van der Waals surface area contributed by atoms with Crippen LogP contribution in [0.25, 0.3) is 0 Å². The van der Waals surface area contributed by atoms with Crippen LogP contribution in [0.15, 0.2) is 42.5 Å². The van der Waals surface area contributed by atoms with Crippen molar-refractivity contribution in [3.05, 3.63) is 59.4 Å². The van der Waals surface area contributed by atoms with Crippen LogP contribution in [0.5, 0.6) is 5.75 Å². The molecule has 0 amide bonds. The summed E-state index contributed by atoms with van der Waals surface area (Å²) in [5.41, 5.74) is 7.30. The molecule has 0 fully saturated rings. The van der Waals surface area contributed by atoms with Gasteiger partial charge in [-0.1, -0.05) is 18.2 Å². The molecule has 0 spiro atoms. The Bertz CT molecular complexity index is 659. The van der Waals surface area contributed by atoms with Crippen LogP contribution in [-0.4, -0.2) is 18.9 Å². The maximum atomic E-state index is 13.5. The van der Waals surface area contributed by atoms with E-state index in [4.69, 9.17) is 10.5 Å². The molecule has 0 saturated heterocycles. The van der Waals surface area contributed by atoms with E-state index in [1.165, 1.54) is 6.07 Å². The average Bonchev–Trinajstić information content (AvgIpc) is 2.51. The van der Waals surface area contributed by atoms with Gasteiger partial charge in [0.2, 0.25) is 0 Å². The molecule has 0 bridgehead atoms. The fourth-order valence-corrected chi connectivity index (χ4v) is 2.06. The van der Waals surface area contributed by atoms with Crippen molar-refractivity contribution in [3.8, 4) is 5.75 Å². The predicted molar refractivity (Wildman–Crippen MR) is 84.5 cm³/mol. The highest BCUT2D eigenvalue weighted by atomic mass is 19.1. The van der Waals surface area contributed by atoms with Crippen LogP contribution in [0, 0.1) is 5.82 Å². The van der Waals surface area contributed by atoms with Crippen molar-refractivity contribution in [3.63, 3.8) is 0 Å². The van der Waals surface area contributed by atoms with E-state index in [1.54, 1.807) is 36.4 Å². The van der Waals surface area contributed by atoms with Crippen LogP contribution < -0.4 is 15.8 Å². The first-order chi connectivity index (χ1) is 10.6. The number of rotatable bonds is 7. The first-order valence-corrected chi connectivity index (χ1v) is 7.11. The zero-order valence-electron chi connectivity index (χ0n) is 12.4. The van der Waals surface area contributed by atoms with E-state index in [2.05, 4.69) is 5.32 Å². The van der Waals surface area contributed by atoms with E-state index in [0.29, 0.717) is 35.7 Å². The monoisotopic (exact) mass is 302 g/mol. The fourth-order valence-electron chi connectivity index (χ4n) is 2.06. The number of nitrogens with two attached hydrogens (primary N) is 1. The summed E-state index contributed by atoms with van der Waals surface area (Å²) < 4.78 is 18.8. The lowest BCUT2D eigenvalue weighted by molar-refractivity contribution is 0.0990. The van der Waals surface area contributed by atoms with Crippen molar-refractivity contribution in [2.75, 3.05) is 18.9 Å². The van der Waals surface area contributed by atoms with E-state index in [-0.39, 0.29) is 18.1 Å². The average molecular weight is 302 g/mol. The van der Waals surface area contributed by atoms with Crippen molar-refractivity contribution >= 4 is 11.5 Å². The van der Waals surface area contributed by atoms with Crippen molar-refractivity contribution < 1.29 is 13.9 Å². The Morgan fingerprint density at radius 3 is 2.73 bits per heavy atom. The first-order valence-electron chi connectivity index (χ1n) is 7.11. The second-order valence-electron chi connectivity index (χ2n) is 4.80. The third-order valence-corrected chi connectivity index (χ3v) is 3.19. The SMILES string of the molecule is CCOc1ccc(C(=O)CNCc2ccccc2F)cc1N. The van der Waals surface area contributed by atoms with E-state index < -0.39 is 0 Å². The van der Waals surface area contributed by atoms with Crippen LogP contribution in [0.4, 0.5) is 10.1 Å². The number of carbonyl (C=O) groups excluding carboxylic acids is 1. The van der Waals surface area contributed by atoms with Crippen molar-refractivity contribution in [1.29, 1.82) is 0 Å². The molecule has 116 valence electrons. The summed E-state index contributed by atoms with van der Waals surface area (Å²) in [7, 11) is 0. The van der Waals surface area contributed by atoms with Crippen molar-refractivity contribution in [2.45, 2.75) is 13.5 Å². The first kappa shape index (κ1) is 16.0. The Morgan fingerprint density at radius 1 is 1.27 bits per heavy atom. The molecule has 22 heavy (non-hydrogen) atoms. The van der Waals surface area contributed by atoms with Gasteiger partial charge in [0.25, 0.3) is 0 Å². The minimum atomic E-state index is -0.284. The number of hydrogen-bond donors (Lipinski definition) is 2. The van der Waals surface area contributed by atoms with Gasteiger partial charge >= 0.3 is 0 Å². The summed E-state index contributed by atoms with van der Waals surface area (Å²) in [6.45, 7) is 2.79. The zero-order valence-corrected chi connectivity index (χ0v) is 12.4. The molecule has 0 aromatic heterocycles. The lowest BCUT2D eigenvalue weighted by Gasteiger charge is -2.09. The van der Waals surface area contributed by atoms with Gasteiger partial charge in [-0.05, 0) is 31.2 Å². The maximum Gasteiger partial charge on any atom is 0.176 e. The van der Waals surface area contributed by atoms with Crippen LogP contribution in [-0.2, 0) is 6.54 Å². The van der Waals surface area contributed by atoms with Gasteiger partial charge in [0.05, 0.1) is 18.8 Å². The smallest absolute Gasteiger partial charge is 0.176 e. The topological polar surface area (TPSA) is 64.3 Å². The minimum absolute atomic E-state index is 0.105. The third kappa shape index (κ3) is 4.05. The molecule has 0 saturated carbocycles. The Kier molecular flexibility index (Phi) is 5.49. The van der Waals surface area contributed by atoms with E-state index in [0.717, 1.165) is 0 Å². The highest BCUT2D eigenvalue weighted by Crippen LogP contribution is 2.22. The van der Waals surface area contributed by atoms with Crippen molar-refractivity contribution in [2.24, 2.45) is 0 Å². The zero-order chi connectivity index (χ0) is 15.9. The minimum Gasteiger partial charge on any atom is -0.492 e.